The van der Waals surface area contributed by atoms with Gasteiger partial charge in [-0.3, -0.25) is 14.5 Å². The number of β-amino-alcohol motifs (C(OH)–C–C–N with tert-alkyl or cyclic N) is 1. The van der Waals surface area contributed by atoms with Gasteiger partial charge >= 0.3 is 0 Å². The highest BCUT2D eigenvalue weighted by Crippen LogP contribution is 2.29. The zero-order valence-corrected chi connectivity index (χ0v) is 15.0. The van der Waals surface area contributed by atoms with Crippen LogP contribution in [-0.4, -0.2) is 84.8 Å². The van der Waals surface area contributed by atoms with E-state index >= 15 is 0 Å². The predicted octanol–water partition coefficient (Wildman–Crippen LogP) is -0.134. The van der Waals surface area contributed by atoms with Crippen molar-refractivity contribution in [2.24, 2.45) is 0 Å². The highest BCUT2D eigenvalue weighted by atomic mass is 32.2. The molecule has 2 aliphatic rings. The number of Topliss-reactive ketones (excluding diaryl/α,β-unsaturated/α-hetero) is 1. The van der Waals surface area contributed by atoms with Crippen LogP contribution in [0.2, 0.25) is 0 Å². The number of fused-ring (bicyclic) bond motifs is 1. The Morgan fingerprint density at radius 1 is 1.21 bits per heavy atom. The Kier molecular flexibility index (Phi) is 4.78. The minimum Gasteiger partial charge on any atom is -0.395 e. The maximum absolute atomic E-state index is 12.8. The molecular formula is C15H20N2O5S2. The number of aliphatic hydroxyl groups excluding tert-OH is 1. The molecular weight excluding hydrogens is 352 g/mol. The molecule has 0 aromatic carbocycles. The van der Waals surface area contributed by atoms with Crippen LogP contribution in [0.3, 0.4) is 0 Å². The van der Waals surface area contributed by atoms with Crippen molar-refractivity contribution in [3.05, 3.63) is 21.9 Å². The van der Waals surface area contributed by atoms with E-state index in [1.165, 1.54) is 6.92 Å². The van der Waals surface area contributed by atoms with Crippen molar-refractivity contribution >= 4 is 32.9 Å². The summed E-state index contributed by atoms with van der Waals surface area (Å²) in [4.78, 5) is 28.8. The van der Waals surface area contributed by atoms with E-state index in [0.717, 1.165) is 11.3 Å². The summed E-state index contributed by atoms with van der Waals surface area (Å²) in [6, 6.07) is 2.59. The molecule has 0 bridgehead atoms. The molecule has 2 atom stereocenters. The van der Waals surface area contributed by atoms with Crippen LogP contribution in [-0.2, 0) is 9.84 Å². The number of thiophene rings is 1. The number of carbonyl (C=O) groups is 2. The van der Waals surface area contributed by atoms with E-state index < -0.39 is 15.9 Å². The number of piperazine rings is 1. The fourth-order valence-electron chi connectivity index (χ4n) is 3.47. The lowest BCUT2D eigenvalue weighted by atomic mass is 10.0. The van der Waals surface area contributed by atoms with Gasteiger partial charge in [-0.25, -0.2) is 8.42 Å². The lowest BCUT2D eigenvalue weighted by Crippen LogP contribution is -2.60. The summed E-state index contributed by atoms with van der Waals surface area (Å²) in [6.07, 6.45) is 0. The van der Waals surface area contributed by atoms with Crippen LogP contribution in [0, 0.1) is 0 Å². The topological polar surface area (TPSA) is 95.0 Å². The molecule has 1 aromatic heterocycles. The van der Waals surface area contributed by atoms with Gasteiger partial charge in [0.2, 0.25) is 0 Å². The SMILES string of the molecule is CC(=O)c1ccc(C(=O)N2CCN(CCO)[C@@H]3CS(=O)(=O)C[C@@H]32)s1. The molecule has 2 fully saturated rings. The van der Waals surface area contributed by atoms with Crippen molar-refractivity contribution in [1.29, 1.82) is 0 Å². The number of nitrogens with zero attached hydrogens (tertiary/aromatic N) is 2. The van der Waals surface area contributed by atoms with Crippen LogP contribution in [0.5, 0.6) is 0 Å². The largest absolute Gasteiger partial charge is 0.395 e. The second-order valence-electron chi connectivity index (χ2n) is 6.19. The second-order valence-corrected chi connectivity index (χ2v) is 9.43. The van der Waals surface area contributed by atoms with Gasteiger partial charge in [-0.1, -0.05) is 0 Å². The van der Waals surface area contributed by atoms with Crippen LogP contribution in [0.4, 0.5) is 0 Å². The van der Waals surface area contributed by atoms with Gasteiger partial charge in [0.05, 0.1) is 33.9 Å². The van der Waals surface area contributed by atoms with Gasteiger partial charge in [0.25, 0.3) is 5.91 Å². The maximum atomic E-state index is 12.8. The number of hydrogen-bond acceptors (Lipinski definition) is 7. The van der Waals surface area contributed by atoms with Gasteiger partial charge in [0.15, 0.2) is 15.6 Å². The molecule has 132 valence electrons. The Bertz CT molecular complexity index is 758. The Morgan fingerprint density at radius 3 is 2.50 bits per heavy atom. The molecule has 2 aliphatic heterocycles. The summed E-state index contributed by atoms with van der Waals surface area (Å²) in [7, 11) is -3.20. The Balaban J connectivity index is 1.85. The first-order valence-electron chi connectivity index (χ1n) is 7.79. The molecule has 7 nitrogen and oxygen atoms in total. The summed E-state index contributed by atoms with van der Waals surface area (Å²) in [5.74, 6) is -0.336. The third-order valence-electron chi connectivity index (χ3n) is 4.60. The highest BCUT2D eigenvalue weighted by Gasteiger charge is 2.48. The van der Waals surface area contributed by atoms with E-state index in [9.17, 15) is 23.1 Å². The fraction of sp³-hybridized carbons (Fsp3) is 0.600. The van der Waals surface area contributed by atoms with E-state index in [1.54, 1.807) is 17.0 Å². The zero-order chi connectivity index (χ0) is 17.5. The zero-order valence-electron chi connectivity index (χ0n) is 13.3. The number of carbonyl (C=O) groups excluding carboxylic acids is 2. The third kappa shape index (κ3) is 3.26. The summed E-state index contributed by atoms with van der Waals surface area (Å²) >= 11 is 1.14. The van der Waals surface area contributed by atoms with Gasteiger partial charge in [0.1, 0.15) is 0 Å². The minimum absolute atomic E-state index is 0.0184. The van der Waals surface area contributed by atoms with Crippen LogP contribution in [0.15, 0.2) is 12.1 Å². The van der Waals surface area contributed by atoms with Crippen molar-refractivity contribution in [3.63, 3.8) is 0 Å². The van der Waals surface area contributed by atoms with Gasteiger partial charge in [-0.2, -0.15) is 0 Å². The van der Waals surface area contributed by atoms with Crippen LogP contribution in [0.25, 0.3) is 0 Å². The van der Waals surface area contributed by atoms with E-state index in [1.807, 2.05) is 4.90 Å². The molecule has 1 N–H and O–H groups in total. The van der Waals surface area contributed by atoms with E-state index in [4.69, 9.17) is 0 Å². The van der Waals surface area contributed by atoms with Gasteiger partial charge in [-0.15, -0.1) is 11.3 Å². The fourth-order valence-corrected chi connectivity index (χ4v) is 6.34. The summed E-state index contributed by atoms with van der Waals surface area (Å²) in [5, 5.41) is 9.17. The Morgan fingerprint density at radius 2 is 1.88 bits per heavy atom. The second kappa shape index (κ2) is 6.55. The number of sulfone groups is 1. The van der Waals surface area contributed by atoms with E-state index in [0.29, 0.717) is 29.4 Å². The maximum Gasteiger partial charge on any atom is 0.264 e. The highest BCUT2D eigenvalue weighted by molar-refractivity contribution is 7.91. The lowest BCUT2D eigenvalue weighted by Gasteiger charge is -2.43. The summed E-state index contributed by atoms with van der Waals surface area (Å²) in [5.41, 5.74) is 0. The molecule has 0 aliphatic carbocycles. The van der Waals surface area contributed by atoms with Gasteiger partial charge < -0.3 is 10.0 Å². The molecule has 3 heterocycles. The smallest absolute Gasteiger partial charge is 0.264 e. The molecule has 0 saturated carbocycles. The average molecular weight is 372 g/mol. The lowest BCUT2D eigenvalue weighted by molar-refractivity contribution is 0.0285. The number of rotatable bonds is 4. The van der Waals surface area contributed by atoms with Crippen molar-refractivity contribution in [2.75, 3.05) is 37.7 Å². The molecule has 1 aromatic rings. The minimum atomic E-state index is -3.20. The number of aliphatic hydroxyl groups is 1. The van der Waals surface area contributed by atoms with E-state index in [2.05, 4.69) is 0 Å². The van der Waals surface area contributed by atoms with E-state index in [-0.39, 0.29) is 35.8 Å². The Hall–Kier alpha value is -1.29. The van der Waals surface area contributed by atoms with Crippen LogP contribution >= 0.6 is 11.3 Å². The van der Waals surface area contributed by atoms with Crippen molar-refractivity contribution in [3.8, 4) is 0 Å². The third-order valence-corrected chi connectivity index (χ3v) is 7.48. The number of amides is 1. The first-order valence-corrected chi connectivity index (χ1v) is 10.4. The quantitative estimate of drug-likeness (QED) is 0.740. The number of hydrogen-bond donors (Lipinski definition) is 1. The molecule has 0 unspecified atom stereocenters. The van der Waals surface area contributed by atoms with Crippen LogP contribution in [0.1, 0.15) is 26.3 Å². The van der Waals surface area contributed by atoms with Gasteiger partial charge in [0, 0.05) is 25.7 Å². The average Bonchev–Trinajstić information content (AvgIpc) is 3.11. The normalized spacial score (nSPS) is 26.3. The van der Waals surface area contributed by atoms with Crippen molar-refractivity contribution in [1.82, 2.24) is 9.80 Å². The summed E-state index contributed by atoms with van der Waals surface area (Å²) in [6.45, 7) is 2.78. The first-order chi connectivity index (χ1) is 11.3. The Labute approximate surface area is 144 Å². The monoisotopic (exact) mass is 372 g/mol. The van der Waals surface area contributed by atoms with Crippen molar-refractivity contribution < 1.29 is 23.1 Å². The predicted molar refractivity (Wildman–Crippen MR) is 90.2 cm³/mol. The number of ketones is 1. The molecule has 0 spiro atoms. The molecule has 2 saturated heterocycles. The summed E-state index contributed by atoms with van der Waals surface area (Å²) < 4.78 is 24.2. The standard InChI is InChI=1S/C15H20N2O5S2/c1-10(19)13-2-3-14(23-13)15(20)17-5-4-16(6-7-18)11-8-24(21,22)9-12(11)17/h2-3,11-12,18H,4-9H2,1H3/t11-,12+/m1/s1. The molecule has 0 radical (unpaired) electrons. The van der Waals surface area contributed by atoms with Crippen molar-refractivity contribution in [2.45, 2.75) is 19.0 Å². The van der Waals surface area contributed by atoms with Gasteiger partial charge in [-0.05, 0) is 19.1 Å². The molecule has 9 heteroatoms. The van der Waals surface area contributed by atoms with Crippen LogP contribution < -0.4 is 0 Å². The molecule has 3 rings (SSSR count). The molecule has 24 heavy (non-hydrogen) atoms. The first kappa shape index (κ1) is 17.5. The molecule has 1 amide bonds.